The molecule has 17 heavy (non-hydrogen) atoms. The molecule has 1 heterocycles. The predicted molar refractivity (Wildman–Crippen MR) is 64.9 cm³/mol. The third kappa shape index (κ3) is 2.97. The van der Waals surface area contributed by atoms with Crippen molar-refractivity contribution in [2.24, 2.45) is 5.92 Å². The van der Waals surface area contributed by atoms with E-state index in [4.69, 9.17) is 4.74 Å². The van der Waals surface area contributed by atoms with E-state index in [1.54, 1.807) is 19.9 Å². The molecule has 0 aromatic carbocycles. The normalized spacial score (nSPS) is 15.9. The summed E-state index contributed by atoms with van der Waals surface area (Å²) in [4.78, 5) is 4.10. The smallest absolute Gasteiger partial charge is 0.195 e. The van der Waals surface area contributed by atoms with Crippen LogP contribution >= 0.6 is 0 Å². The summed E-state index contributed by atoms with van der Waals surface area (Å²) >= 11 is 0. The van der Waals surface area contributed by atoms with Gasteiger partial charge in [0.05, 0.1) is 18.1 Å². The van der Waals surface area contributed by atoms with Crippen LogP contribution in [0.3, 0.4) is 0 Å². The second-order valence-electron chi connectivity index (χ2n) is 4.39. The third-order valence-corrected chi connectivity index (χ3v) is 4.51. The number of rotatable bonds is 5. The van der Waals surface area contributed by atoms with Gasteiger partial charge in [-0.2, -0.15) is 0 Å². The molecule has 0 bridgehead atoms. The summed E-state index contributed by atoms with van der Waals surface area (Å²) < 4.78 is 28.9. The second-order valence-corrected chi connectivity index (χ2v) is 6.62. The largest absolute Gasteiger partial charge is 0.491 e. The van der Waals surface area contributed by atoms with E-state index in [0.717, 1.165) is 0 Å². The Hall–Kier alpha value is -1.10. The molecule has 5 heteroatoms. The maximum Gasteiger partial charge on any atom is 0.195 e. The Morgan fingerprint density at radius 3 is 2.65 bits per heavy atom. The van der Waals surface area contributed by atoms with Crippen molar-refractivity contribution in [3.05, 3.63) is 17.8 Å². The first-order chi connectivity index (χ1) is 8.03. The number of pyridine rings is 1. The van der Waals surface area contributed by atoms with Crippen LogP contribution < -0.4 is 4.74 Å². The van der Waals surface area contributed by atoms with Gasteiger partial charge < -0.3 is 4.74 Å². The quantitative estimate of drug-likeness (QED) is 0.807. The van der Waals surface area contributed by atoms with E-state index in [-0.39, 0.29) is 10.8 Å². The van der Waals surface area contributed by atoms with Crippen LogP contribution in [0, 0.1) is 12.8 Å². The molecular weight excluding hydrogens is 238 g/mol. The molecule has 0 aliphatic heterocycles. The van der Waals surface area contributed by atoms with Gasteiger partial charge in [-0.05, 0) is 37.8 Å². The molecule has 0 N–H and O–H groups in total. The first kappa shape index (κ1) is 12.4. The van der Waals surface area contributed by atoms with Gasteiger partial charge in [-0.1, -0.05) is 6.92 Å². The van der Waals surface area contributed by atoms with Crippen LogP contribution in [-0.2, 0) is 9.84 Å². The number of hydrogen-bond donors (Lipinski definition) is 0. The number of ether oxygens (including phenoxy) is 1. The molecule has 1 aliphatic carbocycles. The maximum atomic E-state index is 11.6. The Morgan fingerprint density at radius 1 is 1.41 bits per heavy atom. The molecular formula is C12H17NO3S. The summed E-state index contributed by atoms with van der Waals surface area (Å²) in [6, 6.07) is 3.22. The van der Waals surface area contributed by atoms with Crippen LogP contribution in [0.4, 0.5) is 0 Å². The Labute approximate surface area is 102 Å². The predicted octanol–water partition coefficient (Wildman–Crippen LogP) is 1.97. The molecule has 1 aromatic rings. The fraction of sp³-hybridized carbons (Fsp3) is 0.583. The summed E-state index contributed by atoms with van der Waals surface area (Å²) in [5, 5.41) is 0.135. The van der Waals surface area contributed by atoms with Gasteiger partial charge in [0.2, 0.25) is 0 Å². The average molecular weight is 255 g/mol. The Bertz CT molecular complexity index is 506. The minimum Gasteiger partial charge on any atom is -0.491 e. The SMILES string of the molecule is CCS(=O)(=O)c1ccc(OCC2CC2)c(C)n1. The Balaban J connectivity index is 2.15. The lowest BCUT2D eigenvalue weighted by atomic mass is 10.3. The molecule has 4 nitrogen and oxygen atoms in total. The van der Waals surface area contributed by atoms with Gasteiger partial charge in [0.15, 0.2) is 14.9 Å². The fourth-order valence-electron chi connectivity index (χ4n) is 1.49. The van der Waals surface area contributed by atoms with Crippen LogP contribution in [0.2, 0.25) is 0 Å². The molecule has 0 saturated heterocycles. The Kier molecular flexibility index (Phi) is 3.38. The van der Waals surface area contributed by atoms with Crippen LogP contribution in [0.5, 0.6) is 5.75 Å². The fourth-order valence-corrected chi connectivity index (χ4v) is 2.34. The van der Waals surface area contributed by atoms with Gasteiger partial charge >= 0.3 is 0 Å². The molecule has 0 unspecified atom stereocenters. The summed E-state index contributed by atoms with van der Waals surface area (Å²) in [5.41, 5.74) is 0.639. The molecule has 0 spiro atoms. The zero-order valence-electron chi connectivity index (χ0n) is 10.1. The summed E-state index contributed by atoms with van der Waals surface area (Å²) in [6.07, 6.45) is 2.46. The number of nitrogens with zero attached hydrogens (tertiary/aromatic N) is 1. The maximum absolute atomic E-state index is 11.6. The highest BCUT2D eigenvalue weighted by Crippen LogP contribution is 2.30. The van der Waals surface area contributed by atoms with Gasteiger partial charge in [0.1, 0.15) is 5.75 Å². The highest BCUT2D eigenvalue weighted by atomic mass is 32.2. The highest BCUT2D eigenvalue weighted by molar-refractivity contribution is 7.91. The van der Waals surface area contributed by atoms with Crippen molar-refractivity contribution < 1.29 is 13.2 Å². The molecule has 2 rings (SSSR count). The summed E-state index contributed by atoms with van der Waals surface area (Å²) in [7, 11) is -3.22. The van der Waals surface area contributed by atoms with Crippen molar-refractivity contribution in [3.8, 4) is 5.75 Å². The van der Waals surface area contributed by atoms with Crippen LogP contribution in [0.1, 0.15) is 25.5 Å². The average Bonchev–Trinajstić information content (AvgIpc) is 3.11. The van der Waals surface area contributed by atoms with Crippen LogP contribution in [0.25, 0.3) is 0 Å². The van der Waals surface area contributed by atoms with E-state index in [1.807, 2.05) is 0 Å². The van der Waals surface area contributed by atoms with Crippen molar-refractivity contribution in [1.82, 2.24) is 4.98 Å². The van der Waals surface area contributed by atoms with Crippen molar-refractivity contribution in [3.63, 3.8) is 0 Å². The third-order valence-electron chi connectivity index (χ3n) is 2.88. The minimum absolute atomic E-state index is 0.0711. The zero-order chi connectivity index (χ0) is 12.5. The van der Waals surface area contributed by atoms with Gasteiger partial charge in [-0.25, -0.2) is 13.4 Å². The molecule has 0 atom stereocenters. The lowest BCUT2D eigenvalue weighted by Gasteiger charge is -2.09. The van der Waals surface area contributed by atoms with Gasteiger partial charge in [-0.3, -0.25) is 0 Å². The molecule has 1 saturated carbocycles. The lowest BCUT2D eigenvalue weighted by Crippen LogP contribution is -2.08. The lowest BCUT2D eigenvalue weighted by molar-refractivity contribution is 0.296. The van der Waals surface area contributed by atoms with E-state index in [1.165, 1.54) is 18.9 Å². The van der Waals surface area contributed by atoms with E-state index in [0.29, 0.717) is 24.0 Å². The molecule has 94 valence electrons. The molecule has 1 fully saturated rings. The molecule has 1 aliphatic rings. The van der Waals surface area contributed by atoms with Crippen molar-refractivity contribution in [1.29, 1.82) is 0 Å². The van der Waals surface area contributed by atoms with Crippen LogP contribution in [-0.4, -0.2) is 25.8 Å². The standard InChI is InChI=1S/C12H17NO3S/c1-3-17(14,15)12-7-6-11(9(2)13-12)16-8-10-4-5-10/h6-7,10H,3-5,8H2,1-2H3. The van der Waals surface area contributed by atoms with Gasteiger partial charge in [-0.15, -0.1) is 0 Å². The van der Waals surface area contributed by atoms with Gasteiger partial charge in [0.25, 0.3) is 0 Å². The monoisotopic (exact) mass is 255 g/mol. The van der Waals surface area contributed by atoms with E-state index in [9.17, 15) is 8.42 Å². The molecule has 0 radical (unpaired) electrons. The number of sulfone groups is 1. The second kappa shape index (κ2) is 4.64. The van der Waals surface area contributed by atoms with Crippen molar-refractivity contribution >= 4 is 9.84 Å². The molecule has 0 amide bonds. The Morgan fingerprint density at radius 2 is 2.12 bits per heavy atom. The van der Waals surface area contributed by atoms with Gasteiger partial charge in [0, 0.05) is 0 Å². The van der Waals surface area contributed by atoms with E-state index >= 15 is 0 Å². The molecule has 1 aromatic heterocycles. The van der Waals surface area contributed by atoms with Crippen LogP contribution in [0.15, 0.2) is 17.2 Å². The van der Waals surface area contributed by atoms with Crippen molar-refractivity contribution in [2.75, 3.05) is 12.4 Å². The highest BCUT2D eigenvalue weighted by Gasteiger charge is 2.22. The first-order valence-electron chi connectivity index (χ1n) is 5.86. The van der Waals surface area contributed by atoms with E-state index in [2.05, 4.69) is 4.98 Å². The zero-order valence-corrected chi connectivity index (χ0v) is 11.0. The topological polar surface area (TPSA) is 56.3 Å². The number of hydrogen-bond acceptors (Lipinski definition) is 4. The minimum atomic E-state index is -3.22. The summed E-state index contributed by atoms with van der Waals surface area (Å²) in [5.74, 6) is 1.43. The number of aryl methyl sites for hydroxylation is 1. The van der Waals surface area contributed by atoms with Crippen molar-refractivity contribution in [2.45, 2.75) is 31.7 Å². The summed E-state index contributed by atoms with van der Waals surface area (Å²) in [6.45, 7) is 4.10. The number of aromatic nitrogens is 1. The first-order valence-corrected chi connectivity index (χ1v) is 7.51. The van der Waals surface area contributed by atoms with E-state index < -0.39 is 9.84 Å².